The number of ketones is 2. The molecule has 0 spiro atoms. The third kappa shape index (κ3) is 5.52. The zero-order chi connectivity index (χ0) is 21.6. The second-order valence-electron chi connectivity index (χ2n) is 5.96. The number of carbonyl (C=O) groups is 2. The molecule has 2 rings (SSSR count). The maximum atomic E-state index is 12.0. The summed E-state index contributed by atoms with van der Waals surface area (Å²) in [4.78, 5) is 23.9. The summed E-state index contributed by atoms with van der Waals surface area (Å²) >= 11 is 0. The monoisotopic (exact) mass is 400 g/mol. The molecule has 8 heteroatoms. The largest absolute Gasteiger partial charge is 0.504 e. The second kappa shape index (κ2) is 9.32. The van der Waals surface area contributed by atoms with Gasteiger partial charge >= 0.3 is 0 Å². The van der Waals surface area contributed by atoms with E-state index < -0.39 is 41.0 Å². The highest BCUT2D eigenvalue weighted by Gasteiger charge is 2.10. The molecule has 0 aliphatic carbocycles. The SMILES string of the molecule is COc1cc(/C=C/C(=O)CC(=O)/C=C/c2cc(O)c(O)c(OC)c2)cc(O)c1O. The maximum absolute atomic E-state index is 12.0. The van der Waals surface area contributed by atoms with E-state index in [-0.39, 0.29) is 11.5 Å². The van der Waals surface area contributed by atoms with Gasteiger partial charge in [-0.2, -0.15) is 0 Å². The molecule has 2 aromatic rings. The van der Waals surface area contributed by atoms with Crippen molar-refractivity contribution in [1.29, 1.82) is 0 Å². The molecule has 0 unspecified atom stereocenters. The van der Waals surface area contributed by atoms with Gasteiger partial charge in [0, 0.05) is 0 Å². The number of allylic oxidation sites excluding steroid dienone is 2. The van der Waals surface area contributed by atoms with Gasteiger partial charge in [-0.1, -0.05) is 12.2 Å². The number of hydrogen-bond donors (Lipinski definition) is 4. The fraction of sp³-hybridized carbons (Fsp3) is 0.143. The van der Waals surface area contributed by atoms with E-state index in [1.807, 2.05) is 0 Å². The number of aromatic hydroxyl groups is 4. The van der Waals surface area contributed by atoms with E-state index in [9.17, 15) is 30.0 Å². The Hall–Kier alpha value is -3.94. The van der Waals surface area contributed by atoms with E-state index in [1.165, 1.54) is 62.8 Å². The number of phenolic OH excluding ortho intramolecular Hbond substituents is 4. The molecule has 0 radical (unpaired) electrons. The number of benzene rings is 2. The molecule has 0 aromatic heterocycles. The lowest BCUT2D eigenvalue weighted by molar-refractivity contribution is -0.121. The van der Waals surface area contributed by atoms with Gasteiger partial charge in [-0.3, -0.25) is 9.59 Å². The average molecular weight is 400 g/mol. The van der Waals surface area contributed by atoms with Crippen molar-refractivity contribution in [3.05, 3.63) is 47.5 Å². The molecule has 4 N–H and O–H groups in total. The van der Waals surface area contributed by atoms with Crippen molar-refractivity contribution in [2.75, 3.05) is 14.2 Å². The molecular weight excluding hydrogens is 380 g/mol. The van der Waals surface area contributed by atoms with Crippen LogP contribution in [0.3, 0.4) is 0 Å². The van der Waals surface area contributed by atoms with Gasteiger partial charge in [-0.25, -0.2) is 0 Å². The number of carbonyl (C=O) groups excluding carboxylic acids is 2. The summed E-state index contributed by atoms with van der Waals surface area (Å²) in [5.41, 5.74) is 0.806. The molecule has 0 aliphatic heterocycles. The first-order valence-electron chi connectivity index (χ1n) is 8.37. The Morgan fingerprint density at radius 1 is 0.759 bits per heavy atom. The smallest absolute Gasteiger partial charge is 0.200 e. The zero-order valence-electron chi connectivity index (χ0n) is 15.7. The van der Waals surface area contributed by atoms with Crippen LogP contribution in [0.25, 0.3) is 12.2 Å². The summed E-state index contributed by atoms with van der Waals surface area (Å²) < 4.78 is 9.82. The number of rotatable bonds is 8. The molecule has 0 bridgehead atoms. The fourth-order valence-electron chi connectivity index (χ4n) is 2.40. The molecule has 0 amide bonds. The summed E-state index contributed by atoms with van der Waals surface area (Å²) in [6.07, 6.45) is 4.71. The summed E-state index contributed by atoms with van der Waals surface area (Å²) in [7, 11) is 2.64. The number of hydrogen-bond acceptors (Lipinski definition) is 8. The lowest BCUT2D eigenvalue weighted by Crippen LogP contribution is -2.01. The minimum absolute atomic E-state index is 0.0451. The first kappa shape index (κ1) is 21.4. The topological polar surface area (TPSA) is 134 Å². The highest BCUT2D eigenvalue weighted by Crippen LogP contribution is 2.37. The molecule has 0 aliphatic rings. The van der Waals surface area contributed by atoms with Crippen molar-refractivity contribution >= 4 is 23.7 Å². The molecule has 152 valence electrons. The highest BCUT2D eigenvalue weighted by atomic mass is 16.5. The van der Waals surface area contributed by atoms with Crippen molar-refractivity contribution in [2.24, 2.45) is 0 Å². The van der Waals surface area contributed by atoms with Crippen LogP contribution in [0, 0.1) is 0 Å². The van der Waals surface area contributed by atoms with Crippen LogP contribution in [0.4, 0.5) is 0 Å². The van der Waals surface area contributed by atoms with Crippen LogP contribution in [-0.2, 0) is 9.59 Å². The summed E-state index contributed by atoms with van der Waals surface area (Å²) in [6, 6.07) is 5.33. The van der Waals surface area contributed by atoms with E-state index in [4.69, 9.17) is 9.47 Å². The molecular formula is C21H20O8. The molecule has 0 fully saturated rings. The summed E-state index contributed by atoms with van der Waals surface area (Å²) in [5.74, 6) is -2.48. The van der Waals surface area contributed by atoms with Gasteiger partial charge in [0.1, 0.15) is 0 Å². The lowest BCUT2D eigenvalue weighted by atomic mass is 10.1. The Morgan fingerprint density at radius 2 is 1.14 bits per heavy atom. The fourth-order valence-corrected chi connectivity index (χ4v) is 2.40. The molecule has 2 aromatic carbocycles. The predicted octanol–water partition coefficient (Wildman–Crippen LogP) is 2.78. The second-order valence-corrected chi connectivity index (χ2v) is 5.96. The Bertz CT molecular complexity index is 909. The van der Waals surface area contributed by atoms with Crippen molar-refractivity contribution in [3.63, 3.8) is 0 Å². The van der Waals surface area contributed by atoms with E-state index in [1.54, 1.807) is 0 Å². The van der Waals surface area contributed by atoms with Crippen LogP contribution >= 0.6 is 0 Å². The van der Waals surface area contributed by atoms with Crippen molar-refractivity contribution in [1.82, 2.24) is 0 Å². The van der Waals surface area contributed by atoms with Crippen molar-refractivity contribution < 1.29 is 39.5 Å². The minimum Gasteiger partial charge on any atom is -0.504 e. The third-order valence-corrected chi connectivity index (χ3v) is 3.87. The number of phenols is 4. The summed E-state index contributed by atoms with van der Waals surface area (Å²) in [5, 5.41) is 38.4. The van der Waals surface area contributed by atoms with Gasteiger partial charge in [0.05, 0.1) is 20.6 Å². The molecule has 8 nitrogen and oxygen atoms in total. The normalized spacial score (nSPS) is 11.1. The Morgan fingerprint density at radius 3 is 1.48 bits per heavy atom. The van der Waals surface area contributed by atoms with E-state index >= 15 is 0 Å². The summed E-state index contributed by atoms with van der Waals surface area (Å²) in [6.45, 7) is 0. The van der Waals surface area contributed by atoms with Gasteiger partial charge in [-0.05, 0) is 47.5 Å². The maximum Gasteiger partial charge on any atom is 0.200 e. The minimum atomic E-state index is -0.475. The van der Waals surface area contributed by atoms with Crippen LogP contribution < -0.4 is 9.47 Å². The highest BCUT2D eigenvalue weighted by molar-refractivity contribution is 6.10. The molecule has 0 saturated carbocycles. The van der Waals surface area contributed by atoms with Gasteiger partial charge in [0.15, 0.2) is 34.6 Å². The predicted molar refractivity (Wildman–Crippen MR) is 105 cm³/mol. The molecule has 0 saturated heterocycles. The molecule has 0 atom stereocenters. The molecule has 29 heavy (non-hydrogen) atoms. The van der Waals surface area contributed by atoms with E-state index in [0.717, 1.165) is 0 Å². The van der Waals surface area contributed by atoms with Crippen LogP contribution in [0.5, 0.6) is 34.5 Å². The first-order chi connectivity index (χ1) is 13.7. The first-order valence-corrected chi connectivity index (χ1v) is 8.37. The third-order valence-electron chi connectivity index (χ3n) is 3.87. The Labute approximate surface area is 166 Å². The standard InChI is InChI=1S/C21H20O8/c1-28-18-9-12(7-16(24)20(18)26)3-5-14(22)11-15(23)6-4-13-8-17(25)21(27)19(10-13)29-2/h3-10,24-27H,11H2,1-2H3/b5-3+,6-4+. The Balaban J connectivity index is 2.03. The van der Waals surface area contributed by atoms with Crippen LogP contribution in [0.2, 0.25) is 0 Å². The average Bonchev–Trinajstić information content (AvgIpc) is 2.69. The lowest BCUT2D eigenvalue weighted by Gasteiger charge is -2.06. The van der Waals surface area contributed by atoms with Crippen LogP contribution in [-0.4, -0.2) is 46.2 Å². The van der Waals surface area contributed by atoms with Gasteiger partial charge in [0.2, 0.25) is 11.5 Å². The van der Waals surface area contributed by atoms with Crippen molar-refractivity contribution in [2.45, 2.75) is 6.42 Å². The number of methoxy groups -OCH3 is 2. The van der Waals surface area contributed by atoms with Crippen LogP contribution in [0.1, 0.15) is 17.5 Å². The zero-order valence-corrected chi connectivity index (χ0v) is 15.7. The van der Waals surface area contributed by atoms with Crippen molar-refractivity contribution in [3.8, 4) is 34.5 Å². The quantitative estimate of drug-likeness (QED) is 0.302. The van der Waals surface area contributed by atoms with Gasteiger partial charge in [0.25, 0.3) is 0 Å². The van der Waals surface area contributed by atoms with E-state index in [2.05, 4.69) is 0 Å². The number of ether oxygens (including phenoxy) is 2. The van der Waals surface area contributed by atoms with Crippen LogP contribution in [0.15, 0.2) is 36.4 Å². The van der Waals surface area contributed by atoms with Gasteiger partial charge < -0.3 is 29.9 Å². The molecule has 0 heterocycles. The Kier molecular flexibility index (Phi) is 6.86. The van der Waals surface area contributed by atoms with Gasteiger partial charge in [-0.15, -0.1) is 0 Å². The van der Waals surface area contributed by atoms with E-state index in [0.29, 0.717) is 11.1 Å².